The Kier molecular flexibility index (Phi) is 2.59. The second kappa shape index (κ2) is 3.76. The highest BCUT2D eigenvalue weighted by Gasteiger charge is 2.31. The molecule has 82 valence electrons. The van der Waals surface area contributed by atoms with Gasteiger partial charge < -0.3 is 0 Å². The molecule has 0 bridgehead atoms. The Balaban J connectivity index is 2.03. The summed E-state index contributed by atoms with van der Waals surface area (Å²) in [6.45, 7) is 2.20. The maximum atomic E-state index is 11.9. The molecule has 1 saturated carbocycles. The number of aromatic nitrogens is 3. The van der Waals surface area contributed by atoms with Crippen LogP contribution in [0.3, 0.4) is 0 Å². The van der Waals surface area contributed by atoms with Crippen LogP contribution in [0.15, 0.2) is 6.20 Å². The molecule has 1 aromatic rings. The summed E-state index contributed by atoms with van der Waals surface area (Å²) >= 11 is 0. The van der Waals surface area contributed by atoms with Gasteiger partial charge in [-0.15, -0.1) is 0 Å². The van der Waals surface area contributed by atoms with Crippen LogP contribution in [-0.2, 0) is 7.05 Å². The van der Waals surface area contributed by atoms with Crippen molar-refractivity contribution in [2.75, 3.05) is 0 Å². The number of Topliss-reactive ketones (excluding diaryl/α,β-unsaturated/α-hetero) is 1. The van der Waals surface area contributed by atoms with Crippen molar-refractivity contribution in [1.82, 2.24) is 15.0 Å². The molecule has 0 spiro atoms. The van der Waals surface area contributed by atoms with Crippen LogP contribution >= 0.6 is 0 Å². The van der Waals surface area contributed by atoms with Gasteiger partial charge in [-0.25, -0.2) is 0 Å². The molecule has 0 amide bonds. The lowest BCUT2D eigenvalue weighted by molar-refractivity contribution is 0.0918. The van der Waals surface area contributed by atoms with E-state index in [0.29, 0.717) is 12.1 Å². The lowest BCUT2D eigenvalue weighted by atomic mass is 9.83. The number of ketones is 1. The van der Waals surface area contributed by atoms with Gasteiger partial charge in [-0.2, -0.15) is 15.0 Å². The first-order chi connectivity index (χ1) is 7.09. The summed E-state index contributed by atoms with van der Waals surface area (Å²) in [6, 6.07) is 0. The van der Waals surface area contributed by atoms with Gasteiger partial charge in [0, 0.05) is 13.5 Å². The van der Waals surface area contributed by atoms with Crippen molar-refractivity contribution in [3.63, 3.8) is 0 Å². The third kappa shape index (κ3) is 2.25. The molecule has 1 aliphatic carbocycles. The Bertz CT molecular complexity index is 364. The van der Waals surface area contributed by atoms with E-state index in [-0.39, 0.29) is 11.2 Å². The van der Waals surface area contributed by atoms with E-state index in [0.717, 1.165) is 0 Å². The number of carbonyl (C=O) groups excluding carboxylic acids is 1. The molecule has 0 unspecified atom stereocenters. The number of carbonyl (C=O) groups is 1. The number of aryl methyl sites for hydroxylation is 1. The van der Waals surface area contributed by atoms with Crippen molar-refractivity contribution in [1.29, 1.82) is 0 Å². The van der Waals surface area contributed by atoms with Crippen molar-refractivity contribution < 1.29 is 4.79 Å². The molecular formula is C11H17N3O. The van der Waals surface area contributed by atoms with E-state index in [4.69, 9.17) is 0 Å². The molecule has 0 aromatic carbocycles. The van der Waals surface area contributed by atoms with Gasteiger partial charge in [-0.3, -0.25) is 4.79 Å². The number of hydrogen-bond acceptors (Lipinski definition) is 3. The second-order valence-electron chi connectivity index (χ2n) is 4.84. The summed E-state index contributed by atoms with van der Waals surface area (Å²) in [5, 5.41) is 7.96. The SMILES string of the molecule is Cn1ncc(C(=O)CC2(C)CCCC2)n1. The topological polar surface area (TPSA) is 47.8 Å². The van der Waals surface area contributed by atoms with E-state index in [9.17, 15) is 4.79 Å². The molecular weight excluding hydrogens is 190 g/mol. The van der Waals surface area contributed by atoms with Gasteiger partial charge >= 0.3 is 0 Å². The fourth-order valence-corrected chi connectivity index (χ4v) is 2.36. The van der Waals surface area contributed by atoms with Gasteiger partial charge in [0.1, 0.15) is 5.69 Å². The van der Waals surface area contributed by atoms with Gasteiger partial charge in [-0.05, 0) is 18.3 Å². The predicted octanol–water partition coefficient (Wildman–Crippen LogP) is 1.97. The number of rotatable bonds is 3. The Morgan fingerprint density at radius 3 is 2.73 bits per heavy atom. The van der Waals surface area contributed by atoms with Crippen molar-refractivity contribution in [2.24, 2.45) is 12.5 Å². The van der Waals surface area contributed by atoms with E-state index < -0.39 is 0 Å². The van der Waals surface area contributed by atoms with Crippen molar-refractivity contribution in [3.8, 4) is 0 Å². The van der Waals surface area contributed by atoms with Crippen LogP contribution in [0.2, 0.25) is 0 Å². The quantitative estimate of drug-likeness (QED) is 0.712. The molecule has 4 heteroatoms. The van der Waals surface area contributed by atoms with Gasteiger partial charge in [0.25, 0.3) is 0 Å². The molecule has 1 fully saturated rings. The highest BCUT2D eigenvalue weighted by molar-refractivity contribution is 5.94. The summed E-state index contributed by atoms with van der Waals surface area (Å²) < 4.78 is 0. The standard InChI is InChI=1S/C11H17N3O/c1-11(5-3-4-6-11)7-10(15)9-8-12-14(2)13-9/h8H,3-7H2,1-2H3. The summed E-state index contributed by atoms with van der Waals surface area (Å²) in [6.07, 6.45) is 7.01. The van der Waals surface area contributed by atoms with Crippen LogP contribution in [0.4, 0.5) is 0 Å². The smallest absolute Gasteiger partial charge is 0.185 e. The van der Waals surface area contributed by atoms with Crippen LogP contribution in [0.5, 0.6) is 0 Å². The fourth-order valence-electron chi connectivity index (χ4n) is 2.36. The summed E-state index contributed by atoms with van der Waals surface area (Å²) in [7, 11) is 1.73. The minimum atomic E-state index is 0.132. The average molecular weight is 207 g/mol. The minimum absolute atomic E-state index is 0.132. The molecule has 15 heavy (non-hydrogen) atoms. The maximum absolute atomic E-state index is 11.9. The van der Waals surface area contributed by atoms with Crippen molar-refractivity contribution in [3.05, 3.63) is 11.9 Å². The molecule has 2 rings (SSSR count). The molecule has 1 aliphatic rings. The highest BCUT2D eigenvalue weighted by atomic mass is 16.1. The van der Waals surface area contributed by atoms with Crippen LogP contribution in [0, 0.1) is 5.41 Å². The van der Waals surface area contributed by atoms with Crippen LogP contribution in [0.25, 0.3) is 0 Å². The first-order valence-corrected chi connectivity index (χ1v) is 5.49. The lowest BCUT2D eigenvalue weighted by Gasteiger charge is -2.21. The third-order valence-electron chi connectivity index (χ3n) is 3.28. The predicted molar refractivity (Wildman–Crippen MR) is 56.5 cm³/mol. The van der Waals surface area contributed by atoms with Crippen LogP contribution in [0.1, 0.15) is 49.5 Å². The molecule has 0 radical (unpaired) electrons. The lowest BCUT2D eigenvalue weighted by Crippen LogP contribution is -2.17. The van der Waals surface area contributed by atoms with E-state index in [2.05, 4.69) is 17.1 Å². The normalized spacial score (nSPS) is 19.3. The van der Waals surface area contributed by atoms with Gasteiger partial charge in [0.2, 0.25) is 0 Å². The van der Waals surface area contributed by atoms with E-state index >= 15 is 0 Å². The zero-order chi connectivity index (χ0) is 10.9. The van der Waals surface area contributed by atoms with Gasteiger partial charge in [0.15, 0.2) is 5.78 Å². The molecule has 4 nitrogen and oxygen atoms in total. The summed E-state index contributed by atoms with van der Waals surface area (Å²) in [5.41, 5.74) is 0.708. The largest absolute Gasteiger partial charge is 0.292 e. The summed E-state index contributed by atoms with van der Waals surface area (Å²) in [4.78, 5) is 13.3. The number of hydrogen-bond donors (Lipinski definition) is 0. The third-order valence-corrected chi connectivity index (χ3v) is 3.28. The highest BCUT2D eigenvalue weighted by Crippen LogP contribution is 2.40. The Hall–Kier alpha value is -1.19. The van der Waals surface area contributed by atoms with Gasteiger partial charge in [-0.1, -0.05) is 19.8 Å². The summed E-state index contributed by atoms with van der Waals surface area (Å²) in [5.74, 6) is 0.132. The average Bonchev–Trinajstić information content (AvgIpc) is 2.75. The van der Waals surface area contributed by atoms with Crippen molar-refractivity contribution >= 4 is 5.78 Å². The molecule has 0 atom stereocenters. The van der Waals surface area contributed by atoms with Gasteiger partial charge in [0.05, 0.1) is 6.20 Å². The fraction of sp³-hybridized carbons (Fsp3) is 0.727. The van der Waals surface area contributed by atoms with Crippen LogP contribution in [-0.4, -0.2) is 20.8 Å². The first kappa shape index (κ1) is 10.3. The molecule has 0 saturated heterocycles. The Morgan fingerprint density at radius 2 is 2.20 bits per heavy atom. The zero-order valence-electron chi connectivity index (χ0n) is 9.36. The van der Waals surface area contributed by atoms with Crippen molar-refractivity contribution in [2.45, 2.75) is 39.0 Å². The maximum Gasteiger partial charge on any atom is 0.185 e. The van der Waals surface area contributed by atoms with E-state index in [1.807, 2.05) is 0 Å². The van der Waals surface area contributed by atoms with E-state index in [1.165, 1.54) is 30.5 Å². The Morgan fingerprint density at radius 1 is 1.53 bits per heavy atom. The minimum Gasteiger partial charge on any atom is -0.292 e. The zero-order valence-corrected chi connectivity index (χ0v) is 9.36. The molecule has 1 aromatic heterocycles. The monoisotopic (exact) mass is 207 g/mol. The molecule has 0 aliphatic heterocycles. The molecule has 0 N–H and O–H groups in total. The number of nitrogens with zero attached hydrogens (tertiary/aromatic N) is 3. The Labute approximate surface area is 89.7 Å². The first-order valence-electron chi connectivity index (χ1n) is 5.49. The second-order valence-corrected chi connectivity index (χ2v) is 4.84. The van der Waals surface area contributed by atoms with Crippen LogP contribution < -0.4 is 0 Å². The van der Waals surface area contributed by atoms with E-state index in [1.54, 1.807) is 13.2 Å². The molecule has 1 heterocycles.